The van der Waals surface area contributed by atoms with Crippen LogP contribution in [0.3, 0.4) is 0 Å². The summed E-state index contributed by atoms with van der Waals surface area (Å²) in [5.74, 6) is 0.309. The molecule has 1 aromatic rings. The third-order valence-corrected chi connectivity index (χ3v) is 4.69. The van der Waals surface area contributed by atoms with Crippen LogP contribution < -0.4 is 0 Å². The van der Waals surface area contributed by atoms with Crippen LogP contribution >= 0.6 is 23.2 Å². The Labute approximate surface area is 128 Å². The van der Waals surface area contributed by atoms with E-state index in [1.165, 1.54) is 0 Å². The summed E-state index contributed by atoms with van der Waals surface area (Å²) in [4.78, 5) is 16.9. The maximum absolute atomic E-state index is 12.3. The van der Waals surface area contributed by atoms with Gasteiger partial charge in [-0.3, -0.25) is 9.79 Å². The van der Waals surface area contributed by atoms with Gasteiger partial charge in [0.15, 0.2) is 5.78 Å². The molecule has 0 aromatic heterocycles. The summed E-state index contributed by atoms with van der Waals surface area (Å²) in [6.07, 6.45) is 3.21. The van der Waals surface area contributed by atoms with E-state index in [9.17, 15) is 4.79 Å². The van der Waals surface area contributed by atoms with E-state index in [2.05, 4.69) is 4.99 Å². The number of rotatable bonds is 1. The average molecular weight is 308 g/mol. The zero-order chi connectivity index (χ0) is 14.3. The molecule has 104 valence electrons. The largest absolute Gasteiger partial charge is 0.294 e. The minimum absolute atomic E-state index is 0.0741. The van der Waals surface area contributed by atoms with Crippen molar-refractivity contribution in [2.45, 2.75) is 38.5 Å². The average Bonchev–Trinajstić information content (AvgIpc) is 2.41. The SMILES string of the molecule is CC1=NC2=C(C(=O)CCC2)C(c2ccc(Cl)c(Cl)c2)C1. The van der Waals surface area contributed by atoms with Crippen molar-refractivity contribution in [3.8, 4) is 0 Å². The van der Waals surface area contributed by atoms with E-state index in [0.717, 1.165) is 41.8 Å². The van der Waals surface area contributed by atoms with Gasteiger partial charge in [0.2, 0.25) is 0 Å². The van der Waals surface area contributed by atoms with E-state index in [-0.39, 0.29) is 11.7 Å². The van der Waals surface area contributed by atoms with Crippen LogP contribution in [-0.4, -0.2) is 11.5 Å². The fraction of sp³-hybridized carbons (Fsp3) is 0.375. The van der Waals surface area contributed by atoms with Crippen LogP contribution in [0.25, 0.3) is 0 Å². The molecule has 0 spiro atoms. The number of ketones is 1. The third-order valence-electron chi connectivity index (χ3n) is 3.95. The maximum atomic E-state index is 12.3. The molecule has 0 N–H and O–H groups in total. The van der Waals surface area contributed by atoms with Crippen molar-refractivity contribution in [1.29, 1.82) is 0 Å². The highest BCUT2D eigenvalue weighted by molar-refractivity contribution is 6.42. The molecular formula is C16H15Cl2NO. The molecule has 2 nitrogen and oxygen atoms in total. The highest BCUT2D eigenvalue weighted by Crippen LogP contribution is 2.41. The molecule has 0 bridgehead atoms. The van der Waals surface area contributed by atoms with Gasteiger partial charge in [-0.1, -0.05) is 29.3 Å². The molecule has 0 radical (unpaired) electrons. The Kier molecular flexibility index (Phi) is 3.70. The summed E-state index contributed by atoms with van der Waals surface area (Å²) in [6.45, 7) is 2.02. The van der Waals surface area contributed by atoms with E-state index in [0.29, 0.717) is 16.5 Å². The lowest BCUT2D eigenvalue weighted by Gasteiger charge is -2.29. The summed E-state index contributed by atoms with van der Waals surface area (Å²) in [7, 11) is 0. The number of hydrogen-bond donors (Lipinski definition) is 0. The van der Waals surface area contributed by atoms with Gasteiger partial charge in [-0.25, -0.2) is 0 Å². The Balaban J connectivity index is 2.08. The summed E-state index contributed by atoms with van der Waals surface area (Å²) < 4.78 is 0. The van der Waals surface area contributed by atoms with Crippen LogP contribution in [0.2, 0.25) is 10.0 Å². The summed E-state index contributed by atoms with van der Waals surface area (Å²) in [5, 5.41) is 1.08. The maximum Gasteiger partial charge on any atom is 0.161 e. The first-order valence-corrected chi connectivity index (χ1v) is 7.57. The zero-order valence-corrected chi connectivity index (χ0v) is 12.8. The predicted molar refractivity (Wildman–Crippen MR) is 82.8 cm³/mol. The van der Waals surface area contributed by atoms with E-state index in [1.54, 1.807) is 6.07 Å². The van der Waals surface area contributed by atoms with E-state index >= 15 is 0 Å². The molecule has 2 aliphatic rings. The highest BCUT2D eigenvalue weighted by Gasteiger charge is 2.32. The number of allylic oxidation sites excluding steroid dienone is 2. The molecule has 1 aromatic carbocycles. The van der Waals surface area contributed by atoms with Crippen molar-refractivity contribution in [1.82, 2.24) is 0 Å². The molecule has 0 saturated heterocycles. The molecule has 4 heteroatoms. The molecule has 1 aliphatic heterocycles. The lowest BCUT2D eigenvalue weighted by molar-refractivity contribution is -0.116. The third kappa shape index (κ3) is 2.43. The van der Waals surface area contributed by atoms with Crippen LogP contribution in [-0.2, 0) is 4.79 Å². The first-order valence-electron chi connectivity index (χ1n) is 6.81. The van der Waals surface area contributed by atoms with Gasteiger partial charge in [-0.05, 0) is 43.9 Å². The molecule has 1 unspecified atom stereocenters. The molecule has 0 saturated carbocycles. The Bertz CT molecular complexity index is 646. The van der Waals surface area contributed by atoms with E-state index < -0.39 is 0 Å². The first-order chi connectivity index (χ1) is 9.56. The van der Waals surface area contributed by atoms with Crippen molar-refractivity contribution in [3.05, 3.63) is 45.1 Å². The predicted octanol–water partition coefficient (Wildman–Crippen LogP) is 4.95. The number of carbonyl (C=O) groups excluding carboxylic acids is 1. The van der Waals surface area contributed by atoms with Crippen molar-refractivity contribution < 1.29 is 4.79 Å². The van der Waals surface area contributed by atoms with Gasteiger partial charge in [0.05, 0.1) is 10.0 Å². The van der Waals surface area contributed by atoms with Crippen molar-refractivity contribution in [2.24, 2.45) is 4.99 Å². The van der Waals surface area contributed by atoms with Crippen LogP contribution in [0.4, 0.5) is 0 Å². The van der Waals surface area contributed by atoms with Gasteiger partial charge in [0.25, 0.3) is 0 Å². The minimum atomic E-state index is 0.0741. The zero-order valence-electron chi connectivity index (χ0n) is 11.2. The van der Waals surface area contributed by atoms with Gasteiger partial charge in [0, 0.05) is 29.3 Å². The monoisotopic (exact) mass is 307 g/mol. The van der Waals surface area contributed by atoms with E-state index in [4.69, 9.17) is 23.2 Å². The minimum Gasteiger partial charge on any atom is -0.294 e. The fourth-order valence-electron chi connectivity index (χ4n) is 3.05. The van der Waals surface area contributed by atoms with Crippen molar-refractivity contribution >= 4 is 34.7 Å². The lowest BCUT2D eigenvalue weighted by atomic mass is 9.78. The topological polar surface area (TPSA) is 29.4 Å². The van der Waals surface area contributed by atoms with Gasteiger partial charge < -0.3 is 0 Å². The van der Waals surface area contributed by atoms with Gasteiger partial charge in [0.1, 0.15) is 0 Å². The van der Waals surface area contributed by atoms with Crippen molar-refractivity contribution in [2.75, 3.05) is 0 Å². The molecule has 1 heterocycles. The second-order valence-electron chi connectivity index (χ2n) is 5.41. The molecule has 0 amide bonds. The summed E-state index contributed by atoms with van der Waals surface area (Å²) >= 11 is 12.1. The number of Topliss-reactive ketones (excluding diaryl/α,β-unsaturated/α-hetero) is 1. The second-order valence-corrected chi connectivity index (χ2v) is 6.23. The van der Waals surface area contributed by atoms with Gasteiger partial charge in [-0.2, -0.15) is 0 Å². The van der Waals surface area contributed by atoms with Crippen LogP contribution in [0.5, 0.6) is 0 Å². The number of hydrogen-bond acceptors (Lipinski definition) is 2. The normalized spacial score (nSPS) is 22.6. The standard InChI is InChI=1S/C16H15Cl2NO/c1-9-7-11(10-5-6-12(17)13(18)8-10)16-14(19-9)3-2-4-15(16)20/h5-6,8,11H,2-4,7H2,1H3. The second kappa shape index (κ2) is 5.34. The van der Waals surface area contributed by atoms with Gasteiger partial charge >= 0.3 is 0 Å². The quantitative estimate of drug-likeness (QED) is 0.722. The smallest absolute Gasteiger partial charge is 0.161 e. The summed E-state index contributed by atoms with van der Waals surface area (Å²) in [6, 6.07) is 5.64. The lowest BCUT2D eigenvalue weighted by Crippen LogP contribution is -2.23. The number of carbonyl (C=O) groups is 1. The highest BCUT2D eigenvalue weighted by atomic mass is 35.5. The molecule has 0 fully saturated rings. The van der Waals surface area contributed by atoms with Crippen LogP contribution in [0, 0.1) is 0 Å². The molecule has 3 rings (SSSR count). The number of aliphatic imine (C=N–C) groups is 1. The molecule has 1 atom stereocenters. The van der Waals surface area contributed by atoms with E-state index in [1.807, 2.05) is 19.1 Å². The Morgan fingerprint density at radius 2 is 2.00 bits per heavy atom. The Morgan fingerprint density at radius 3 is 2.75 bits per heavy atom. The summed E-state index contributed by atoms with van der Waals surface area (Å²) in [5.41, 5.74) is 3.99. The number of nitrogens with zero attached hydrogens (tertiary/aromatic N) is 1. The van der Waals surface area contributed by atoms with Crippen LogP contribution in [0.15, 0.2) is 34.5 Å². The number of benzene rings is 1. The Hall–Kier alpha value is -1.12. The number of halogens is 2. The van der Waals surface area contributed by atoms with Gasteiger partial charge in [-0.15, -0.1) is 0 Å². The molecule has 20 heavy (non-hydrogen) atoms. The fourth-order valence-corrected chi connectivity index (χ4v) is 3.35. The Morgan fingerprint density at radius 1 is 1.20 bits per heavy atom. The molecular weight excluding hydrogens is 293 g/mol. The molecule has 1 aliphatic carbocycles. The van der Waals surface area contributed by atoms with Crippen molar-refractivity contribution in [3.63, 3.8) is 0 Å². The first kappa shape index (κ1) is 13.8. The van der Waals surface area contributed by atoms with Crippen LogP contribution in [0.1, 0.15) is 44.1 Å².